The second-order valence-electron chi connectivity index (χ2n) is 5.33. The molecular formula is C14H27N3O3. The van der Waals surface area contributed by atoms with E-state index in [1.165, 1.54) is 0 Å². The fraction of sp³-hybridized carbons (Fsp3) is 0.857. The maximum atomic E-state index is 12.2. The highest BCUT2D eigenvalue weighted by atomic mass is 16.5. The highest BCUT2D eigenvalue weighted by molar-refractivity contribution is 5.88. The molecule has 0 radical (unpaired) electrons. The van der Waals surface area contributed by atoms with E-state index >= 15 is 0 Å². The van der Waals surface area contributed by atoms with E-state index in [9.17, 15) is 9.59 Å². The van der Waals surface area contributed by atoms with Crippen molar-refractivity contribution in [3.63, 3.8) is 0 Å². The van der Waals surface area contributed by atoms with E-state index in [0.717, 1.165) is 6.42 Å². The van der Waals surface area contributed by atoms with Crippen LogP contribution in [0.5, 0.6) is 0 Å². The Balaban J connectivity index is 2.50. The Morgan fingerprint density at radius 2 is 2.10 bits per heavy atom. The summed E-state index contributed by atoms with van der Waals surface area (Å²) in [6.45, 7) is 8.63. The first kappa shape index (κ1) is 16.9. The van der Waals surface area contributed by atoms with Crippen LogP contribution in [0.1, 0.15) is 33.6 Å². The Bertz CT molecular complexity index is 321. The number of ether oxygens (including phenoxy) is 1. The topological polar surface area (TPSA) is 70.7 Å². The van der Waals surface area contributed by atoms with E-state index in [1.807, 2.05) is 20.8 Å². The van der Waals surface area contributed by atoms with Gasteiger partial charge in [-0.15, -0.1) is 0 Å². The highest BCUT2D eigenvalue weighted by Gasteiger charge is 2.32. The van der Waals surface area contributed by atoms with Gasteiger partial charge in [0.15, 0.2) is 0 Å². The monoisotopic (exact) mass is 285 g/mol. The van der Waals surface area contributed by atoms with Crippen LogP contribution < -0.4 is 10.6 Å². The molecule has 0 aromatic heterocycles. The molecule has 1 fully saturated rings. The van der Waals surface area contributed by atoms with Gasteiger partial charge >= 0.3 is 0 Å². The number of amides is 2. The summed E-state index contributed by atoms with van der Waals surface area (Å²) < 4.78 is 5.34. The van der Waals surface area contributed by atoms with Gasteiger partial charge in [0.1, 0.15) is 6.04 Å². The minimum Gasteiger partial charge on any atom is -0.377 e. The third-order valence-corrected chi connectivity index (χ3v) is 3.19. The quantitative estimate of drug-likeness (QED) is 0.697. The molecular weight excluding hydrogens is 258 g/mol. The van der Waals surface area contributed by atoms with Gasteiger partial charge in [0.2, 0.25) is 11.8 Å². The van der Waals surface area contributed by atoms with Crippen LogP contribution in [0.3, 0.4) is 0 Å². The van der Waals surface area contributed by atoms with Crippen molar-refractivity contribution in [1.82, 2.24) is 15.5 Å². The number of carbonyl (C=O) groups is 2. The van der Waals surface area contributed by atoms with Crippen LogP contribution in [0.2, 0.25) is 0 Å². The largest absolute Gasteiger partial charge is 0.377 e. The van der Waals surface area contributed by atoms with Gasteiger partial charge in [-0.25, -0.2) is 0 Å². The molecule has 20 heavy (non-hydrogen) atoms. The van der Waals surface area contributed by atoms with Crippen LogP contribution in [0, 0.1) is 0 Å². The molecule has 6 heteroatoms. The van der Waals surface area contributed by atoms with Crippen molar-refractivity contribution >= 4 is 11.8 Å². The van der Waals surface area contributed by atoms with Crippen molar-refractivity contribution in [1.29, 1.82) is 0 Å². The van der Waals surface area contributed by atoms with E-state index in [-0.39, 0.29) is 11.8 Å². The number of rotatable bonds is 7. The Hall–Kier alpha value is -1.14. The smallest absolute Gasteiger partial charge is 0.245 e. The molecule has 1 unspecified atom stereocenters. The van der Waals surface area contributed by atoms with Gasteiger partial charge in [0.05, 0.1) is 13.2 Å². The lowest BCUT2D eigenvalue weighted by molar-refractivity contribution is -0.148. The predicted molar refractivity (Wildman–Crippen MR) is 77.4 cm³/mol. The zero-order valence-electron chi connectivity index (χ0n) is 12.8. The summed E-state index contributed by atoms with van der Waals surface area (Å²) >= 11 is 0. The lowest BCUT2D eigenvalue weighted by atomic mass is 10.2. The van der Waals surface area contributed by atoms with Crippen molar-refractivity contribution < 1.29 is 14.3 Å². The predicted octanol–water partition coefficient (Wildman–Crippen LogP) is 0.128. The average Bonchev–Trinajstić information content (AvgIpc) is 2.44. The minimum absolute atomic E-state index is 0.0121. The van der Waals surface area contributed by atoms with E-state index in [0.29, 0.717) is 45.3 Å². The molecule has 0 aliphatic carbocycles. The number of hydrogen-bond acceptors (Lipinski definition) is 4. The lowest BCUT2D eigenvalue weighted by Crippen LogP contribution is -2.56. The van der Waals surface area contributed by atoms with E-state index in [2.05, 4.69) is 10.6 Å². The van der Waals surface area contributed by atoms with E-state index in [1.54, 1.807) is 4.90 Å². The molecule has 0 spiro atoms. The fourth-order valence-corrected chi connectivity index (χ4v) is 2.10. The summed E-state index contributed by atoms with van der Waals surface area (Å²) in [5.74, 6) is -0.102. The number of hydrogen-bond donors (Lipinski definition) is 2. The van der Waals surface area contributed by atoms with Gasteiger partial charge < -0.3 is 20.3 Å². The number of morpholine rings is 1. The summed E-state index contributed by atoms with van der Waals surface area (Å²) in [6.07, 6.45) is 1.29. The Morgan fingerprint density at radius 3 is 2.75 bits per heavy atom. The molecule has 1 aliphatic rings. The molecule has 2 N–H and O–H groups in total. The molecule has 0 aromatic carbocycles. The molecule has 1 heterocycles. The summed E-state index contributed by atoms with van der Waals surface area (Å²) in [5.41, 5.74) is 0. The van der Waals surface area contributed by atoms with Crippen LogP contribution in [0.25, 0.3) is 0 Å². The fourth-order valence-electron chi connectivity index (χ4n) is 2.10. The summed E-state index contributed by atoms with van der Waals surface area (Å²) in [6, 6.07) is -0.127. The Labute approximate surface area is 121 Å². The maximum Gasteiger partial charge on any atom is 0.245 e. The van der Waals surface area contributed by atoms with Gasteiger partial charge in [-0.2, -0.15) is 0 Å². The second kappa shape index (κ2) is 8.92. The van der Waals surface area contributed by atoms with Crippen molar-refractivity contribution in [3.05, 3.63) is 0 Å². The van der Waals surface area contributed by atoms with Gasteiger partial charge in [-0.1, -0.05) is 20.8 Å². The Morgan fingerprint density at radius 1 is 1.35 bits per heavy atom. The first-order chi connectivity index (χ1) is 9.56. The van der Waals surface area contributed by atoms with Crippen LogP contribution in [0.4, 0.5) is 0 Å². The average molecular weight is 285 g/mol. The normalized spacial score (nSPS) is 19.2. The van der Waals surface area contributed by atoms with E-state index in [4.69, 9.17) is 4.74 Å². The third-order valence-electron chi connectivity index (χ3n) is 3.19. The second-order valence-corrected chi connectivity index (χ2v) is 5.33. The first-order valence-electron chi connectivity index (χ1n) is 7.44. The van der Waals surface area contributed by atoms with Crippen LogP contribution in [0.15, 0.2) is 0 Å². The number of nitrogens with one attached hydrogen (secondary N) is 2. The summed E-state index contributed by atoms with van der Waals surface area (Å²) in [7, 11) is 0. The van der Waals surface area contributed by atoms with Crippen LogP contribution in [-0.4, -0.2) is 61.6 Å². The van der Waals surface area contributed by atoms with Crippen LogP contribution >= 0.6 is 0 Å². The van der Waals surface area contributed by atoms with E-state index < -0.39 is 6.04 Å². The molecule has 0 saturated carbocycles. The zero-order chi connectivity index (χ0) is 15.0. The molecule has 6 nitrogen and oxygen atoms in total. The SMILES string of the molecule is CCCNC(=O)C1COCCN1C(=O)CCNC(C)C. The first-order valence-corrected chi connectivity index (χ1v) is 7.44. The van der Waals surface area contributed by atoms with Gasteiger partial charge in [0.25, 0.3) is 0 Å². The van der Waals surface area contributed by atoms with Crippen molar-refractivity contribution in [2.75, 3.05) is 32.8 Å². The molecule has 1 saturated heterocycles. The van der Waals surface area contributed by atoms with Crippen molar-refractivity contribution in [3.8, 4) is 0 Å². The summed E-state index contributed by atoms with van der Waals surface area (Å²) in [5, 5.41) is 6.05. The molecule has 1 aliphatic heterocycles. The Kier molecular flexibility index (Phi) is 7.54. The molecule has 1 atom stereocenters. The maximum absolute atomic E-state index is 12.2. The minimum atomic E-state index is -0.484. The third kappa shape index (κ3) is 5.46. The number of carbonyl (C=O) groups excluding carboxylic acids is 2. The zero-order valence-corrected chi connectivity index (χ0v) is 12.8. The van der Waals surface area contributed by atoms with Gasteiger partial charge in [0, 0.05) is 32.1 Å². The van der Waals surface area contributed by atoms with Crippen molar-refractivity contribution in [2.24, 2.45) is 0 Å². The number of nitrogens with zero attached hydrogens (tertiary/aromatic N) is 1. The van der Waals surface area contributed by atoms with Crippen molar-refractivity contribution in [2.45, 2.75) is 45.7 Å². The summed E-state index contributed by atoms with van der Waals surface area (Å²) in [4.78, 5) is 25.9. The highest BCUT2D eigenvalue weighted by Crippen LogP contribution is 2.09. The lowest BCUT2D eigenvalue weighted by Gasteiger charge is -2.34. The standard InChI is InChI=1S/C14H27N3O3/c1-4-6-16-14(19)12-10-20-9-8-17(12)13(18)5-7-15-11(2)3/h11-12,15H,4-10H2,1-3H3,(H,16,19). The van der Waals surface area contributed by atoms with Gasteiger partial charge in [-0.05, 0) is 6.42 Å². The molecule has 2 amide bonds. The molecule has 0 bridgehead atoms. The van der Waals surface area contributed by atoms with Gasteiger partial charge in [-0.3, -0.25) is 9.59 Å². The molecule has 0 aromatic rings. The molecule has 1 rings (SSSR count). The van der Waals surface area contributed by atoms with Crippen LogP contribution in [-0.2, 0) is 14.3 Å². The molecule has 116 valence electrons.